The molecule has 1 heterocycles. The summed E-state index contributed by atoms with van der Waals surface area (Å²) >= 11 is 12.0. The molecule has 118 valence electrons. The van der Waals surface area contributed by atoms with E-state index >= 15 is 0 Å². The first-order valence-electron chi connectivity index (χ1n) is 6.79. The highest BCUT2D eigenvalue weighted by molar-refractivity contribution is 6.31. The Balaban J connectivity index is 2.19. The van der Waals surface area contributed by atoms with Gasteiger partial charge in [-0.2, -0.15) is 4.73 Å². The fourth-order valence-electron chi connectivity index (χ4n) is 2.06. The molecular formula is C16H13Cl2N3O2. The number of fused-ring (bicyclic) bond motifs is 1. The molecule has 1 amide bonds. The lowest BCUT2D eigenvalue weighted by molar-refractivity contribution is 0.113. The Hall–Kier alpha value is -2.24. The molecule has 0 spiro atoms. The minimum Gasteiger partial charge on any atom is -0.315 e. The number of hydrogen-bond acceptors (Lipinski definition) is 3. The monoisotopic (exact) mass is 349 g/mol. The van der Waals surface area contributed by atoms with E-state index in [1.807, 2.05) is 12.1 Å². The topological polar surface area (TPSA) is 47.4 Å². The van der Waals surface area contributed by atoms with Crippen molar-refractivity contribution < 1.29 is 9.63 Å². The van der Waals surface area contributed by atoms with E-state index in [0.717, 1.165) is 5.56 Å². The second kappa shape index (κ2) is 6.10. The van der Waals surface area contributed by atoms with Crippen LogP contribution in [0, 0.1) is 0 Å². The Bertz CT molecular complexity index is 873. The summed E-state index contributed by atoms with van der Waals surface area (Å²) in [5.74, 6) is 0.495. The van der Waals surface area contributed by atoms with Gasteiger partial charge >= 0.3 is 6.09 Å². The van der Waals surface area contributed by atoms with Crippen LogP contribution >= 0.6 is 23.2 Å². The Kier molecular flexibility index (Phi) is 4.15. The normalized spacial score (nSPS) is 10.8. The number of imidazole rings is 1. The van der Waals surface area contributed by atoms with Gasteiger partial charge in [-0.05, 0) is 42.5 Å². The van der Waals surface area contributed by atoms with Gasteiger partial charge in [0.25, 0.3) is 0 Å². The van der Waals surface area contributed by atoms with Crippen molar-refractivity contribution in [1.82, 2.24) is 14.6 Å². The van der Waals surface area contributed by atoms with E-state index in [9.17, 15) is 4.79 Å². The van der Waals surface area contributed by atoms with Crippen LogP contribution in [0.25, 0.3) is 22.4 Å². The second-order valence-electron chi connectivity index (χ2n) is 5.12. The minimum absolute atomic E-state index is 0.495. The molecule has 0 N–H and O–H groups in total. The predicted molar refractivity (Wildman–Crippen MR) is 90.9 cm³/mol. The summed E-state index contributed by atoms with van der Waals surface area (Å²) in [4.78, 5) is 23.3. The zero-order valence-corrected chi connectivity index (χ0v) is 14.0. The number of carbonyl (C=O) groups is 1. The fraction of sp³-hybridized carbons (Fsp3) is 0.125. The number of rotatable bonds is 2. The maximum Gasteiger partial charge on any atom is 0.434 e. The Morgan fingerprint density at radius 1 is 1.09 bits per heavy atom. The second-order valence-corrected chi connectivity index (χ2v) is 5.99. The maximum absolute atomic E-state index is 12.0. The van der Waals surface area contributed by atoms with Crippen LogP contribution < -0.4 is 4.84 Å². The van der Waals surface area contributed by atoms with Gasteiger partial charge in [0.15, 0.2) is 5.82 Å². The molecule has 0 saturated carbocycles. The first-order chi connectivity index (χ1) is 11.0. The first kappa shape index (κ1) is 15.6. The Labute approximate surface area is 142 Å². The summed E-state index contributed by atoms with van der Waals surface area (Å²) < 4.78 is 1.38. The number of amides is 1. The molecule has 0 saturated heterocycles. The lowest BCUT2D eigenvalue weighted by atomic mass is 10.2. The van der Waals surface area contributed by atoms with E-state index in [1.54, 1.807) is 44.4 Å². The van der Waals surface area contributed by atoms with Crippen LogP contribution in [-0.4, -0.2) is 34.8 Å². The molecule has 0 fully saturated rings. The van der Waals surface area contributed by atoms with Gasteiger partial charge in [0.2, 0.25) is 0 Å². The summed E-state index contributed by atoms with van der Waals surface area (Å²) in [6.07, 6.45) is -0.514. The number of aromatic nitrogens is 2. The van der Waals surface area contributed by atoms with Gasteiger partial charge in [0, 0.05) is 29.7 Å². The maximum atomic E-state index is 12.0. The van der Waals surface area contributed by atoms with Crippen molar-refractivity contribution in [2.45, 2.75) is 0 Å². The van der Waals surface area contributed by atoms with Crippen molar-refractivity contribution in [3.8, 4) is 11.4 Å². The van der Waals surface area contributed by atoms with Crippen molar-refractivity contribution in [3.63, 3.8) is 0 Å². The third-order valence-corrected chi connectivity index (χ3v) is 3.70. The molecular weight excluding hydrogens is 337 g/mol. The molecule has 0 bridgehead atoms. The standard InChI is InChI=1S/C16H13Cl2N3O2/c1-20(2)16(22)23-21-14-9-12(18)7-8-13(14)19-15(21)10-3-5-11(17)6-4-10/h3-9H,1-2H3. The van der Waals surface area contributed by atoms with E-state index in [1.165, 1.54) is 9.63 Å². The minimum atomic E-state index is -0.514. The van der Waals surface area contributed by atoms with Gasteiger partial charge in [-0.25, -0.2) is 9.78 Å². The van der Waals surface area contributed by atoms with Crippen LogP contribution in [0.15, 0.2) is 42.5 Å². The fourth-order valence-corrected chi connectivity index (χ4v) is 2.35. The lowest BCUT2D eigenvalue weighted by Gasteiger charge is -2.13. The molecule has 3 rings (SSSR count). The molecule has 0 aliphatic carbocycles. The highest BCUT2D eigenvalue weighted by Gasteiger charge is 2.18. The predicted octanol–water partition coefficient (Wildman–Crippen LogP) is 4.12. The number of carbonyl (C=O) groups excluding carboxylic acids is 1. The molecule has 1 aromatic heterocycles. The summed E-state index contributed by atoms with van der Waals surface area (Å²) in [7, 11) is 3.22. The molecule has 7 heteroatoms. The highest BCUT2D eigenvalue weighted by atomic mass is 35.5. The smallest absolute Gasteiger partial charge is 0.315 e. The number of benzene rings is 2. The lowest BCUT2D eigenvalue weighted by Crippen LogP contribution is -2.31. The van der Waals surface area contributed by atoms with Crippen LogP contribution in [0.3, 0.4) is 0 Å². The molecule has 0 atom stereocenters. The molecule has 23 heavy (non-hydrogen) atoms. The van der Waals surface area contributed by atoms with Crippen molar-refractivity contribution in [1.29, 1.82) is 0 Å². The van der Waals surface area contributed by atoms with Crippen LogP contribution in [-0.2, 0) is 0 Å². The number of hydrogen-bond donors (Lipinski definition) is 0. The third kappa shape index (κ3) is 3.11. The van der Waals surface area contributed by atoms with Crippen LogP contribution in [0.5, 0.6) is 0 Å². The van der Waals surface area contributed by atoms with Crippen LogP contribution in [0.1, 0.15) is 0 Å². The van der Waals surface area contributed by atoms with Gasteiger partial charge in [-0.15, -0.1) is 0 Å². The molecule has 0 radical (unpaired) electrons. The first-order valence-corrected chi connectivity index (χ1v) is 7.55. The van der Waals surface area contributed by atoms with Crippen LogP contribution in [0.4, 0.5) is 4.79 Å². The molecule has 5 nitrogen and oxygen atoms in total. The van der Waals surface area contributed by atoms with Crippen molar-refractivity contribution in [2.24, 2.45) is 0 Å². The summed E-state index contributed by atoms with van der Waals surface area (Å²) in [5, 5.41) is 1.15. The zero-order chi connectivity index (χ0) is 16.6. The third-order valence-electron chi connectivity index (χ3n) is 3.21. The Morgan fingerprint density at radius 2 is 1.74 bits per heavy atom. The van der Waals surface area contributed by atoms with Crippen molar-refractivity contribution in [2.75, 3.05) is 14.1 Å². The average molecular weight is 350 g/mol. The molecule has 0 unspecified atom stereocenters. The van der Waals surface area contributed by atoms with E-state index in [0.29, 0.717) is 26.9 Å². The number of halogens is 2. The quantitative estimate of drug-likeness (QED) is 0.699. The summed E-state index contributed by atoms with van der Waals surface area (Å²) in [6.45, 7) is 0. The van der Waals surface area contributed by atoms with Gasteiger partial charge in [0.05, 0.1) is 5.52 Å². The van der Waals surface area contributed by atoms with Gasteiger partial charge in [-0.1, -0.05) is 23.2 Å². The van der Waals surface area contributed by atoms with Crippen LogP contribution in [0.2, 0.25) is 10.0 Å². The zero-order valence-electron chi connectivity index (χ0n) is 12.5. The van der Waals surface area contributed by atoms with Gasteiger partial charge in [-0.3, -0.25) is 0 Å². The van der Waals surface area contributed by atoms with E-state index in [4.69, 9.17) is 28.0 Å². The van der Waals surface area contributed by atoms with Gasteiger partial charge in [0.1, 0.15) is 5.52 Å². The summed E-state index contributed by atoms with van der Waals surface area (Å²) in [6, 6.07) is 12.3. The average Bonchev–Trinajstić information content (AvgIpc) is 2.86. The van der Waals surface area contributed by atoms with Crippen molar-refractivity contribution >= 4 is 40.3 Å². The van der Waals surface area contributed by atoms with Gasteiger partial charge < -0.3 is 9.74 Å². The summed E-state index contributed by atoms with van der Waals surface area (Å²) in [5.41, 5.74) is 2.05. The largest absolute Gasteiger partial charge is 0.434 e. The highest BCUT2D eigenvalue weighted by Crippen LogP contribution is 2.27. The molecule has 0 aliphatic rings. The van der Waals surface area contributed by atoms with E-state index < -0.39 is 6.09 Å². The molecule has 3 aromatic rings. The van der Waals surface area contributed by atoms with E-state index in [2.05, 4.69) is 4.98 Å². The molecule has 2 aromatic carbocycles. The Morgan fingerprint density at radius 3 is 2.39 bits per heavy atom. The van der Waals surface area contributed by atoms with Crippen molar-refractivity contribution in [3.05, 3.63) is 52.5 Å². The molecule has 0 aliphatic heterocycles. The van der Waals surface area contributed by atoms with E-state index in [-0.39, 0.29) is 0 Å². The number of nitrogens with zero attached hydrogens (tertiary/aromatic N) is 3. The SMILES string of the molecule is CN(C)C(=O)On1c(-c2ccc(Cl)cc2)nc2ccc(Cl)cc21.